The molecule has 7 atom stereocenters. The number of hydrogen-bond donors (Lipinski definition) is 2. The minimum atomic E-state index is -0.940. The molecule has 0 amide bonds. The largest absolute Gasteiger partial charge is 0.508 e. The van der Waals surface area contributed by atoms with Gasteiger partial charge in [0.15, 0.2) is 0 Å². The van der Waals surface area contributed by atoms with Gasteiger partial charge >= 0.3 is 0 Å². The zero-order chi connectivity index (χ0) is 20.1. The molecule has 0 bridgehead atoms. The van der Waals surface area contributed by atoms with Gasteiger partial charge in [0.05, 0.1) is 5.60 Å². The molecule has 156 valence electrons. The van der Waals surface area contributed by atoms with Crippen LogP contribution in [0.5, 0.6) is 5.75 Å². The molecule has 0 saturated heterocycles. The van der Waals surface area contributed by atoms with Gasteiger partial charge in [-0.05, 0) is 86.5 Å². The van der Waals surface area contributed by atoms with Crippen LogP contribution < -0.4 is 0 Å². The molecule has 2 saturated carbocycles. The maximum absolute atomic E-state index is 15.8. The first kappa shape index (κ1) is 20.5. The third-order valence-corrected chi connectivity index (χ3v) is 8.87. The monoisotopic (exact) mass is 408 g/mol. The molecule has 0 heterocycles. The van der Waals surface area contributed by atoms with Crippen LogP contribution in [0.15, 0.2) is 18.2 Å². The second-order valence-electron chi connectivity index (χ2n) is 10.0. The molecule has 1 aromatic carbocycles. The van der Waals surface area contributed by atoms with Crippen molar-refractivity contribution in [2.75, 3.05) is 5.88 Å². The van der Waals surface area contributed by atoms with Crippen LogP contribution in [0.25, 0.3) is 0 Å². The van der Waals surface area contributed by atoms with Crippen LogP contribution in [0.3, 0.4) is 0 Å². The SMILES string of the molecule is CC1(O)CCC2C3C(CCCCCCl)Cc4cc(O)ccc4C3C(F)CC21C. The van der Waals surface area contributed by atoms with Gasteiger partial charge in [0.25, 0.3) is 0 Å². The predicted octanol–water partition coefficient (Wildman–Crippen LogP) is 5.97. The summed E-state index contributed by atoms with van der Waals surface area (Å²) in [5.41, 5.74) is 1.09. The van der Waals surface area contributed by atoms with E-state index in [9.17, 15) is 10.2 Å². The van der Waals surface area contributed by atoms with Gasteiger partial charge in [0.2, 0.25) is 0 Å². The third kappa shape index (κ3) is 3.17. The standard InChI is InChI=1S/C24H34ClFO2/c1-23-14-20(26)22-18-8-7-17(27)13-16(18)12-15(6-4-3-5-11-25)21(22)19(23)9-10-24(23,2)28/h7-8,13,15,19-22,27-28H,3-6,9-12,14H2,1-2H3. The molecule has 1 aromatic rings. The van der Waals surface area contributed by atoms with Crippen molar-refractivity contribution < 1.29 is 14.6 Å². The second-order valence-corrected chi connectivity index (χ2v) is 10.4. The Labute approximate surface area is 173 Å². The van der Waals surface area contributed by atoms with Crippen molar-refractivity contribution in [3.05, 3.63) is 29.3 Å². The molecule has 0 radical (unpaired) electrons. The van der Waals surface area contributed by atoms with Crippen molar-refractivity contribution in [2.24, 2.45) is 23.2 Å². The highest BCUT2D eigenvalue weighted by molar-refractivity contribution is 6.17. The molecule has 3 aliphatic carbocycles. The fourth-order valence-electron chi connectivity index (χ4n) is 6.96. The number of unbranched alkanes of at least 4 members (excludes halogenated alkanes) is 2. The fourth-order valence-corrected chi connectivity index (χ4v) is 7.15. The number of aromatic hydroxyl groups is 1. The van der Waals surface area contributed by atoms with Gasteiger partial charge in [-0.1, -0.05) is 25.8 Å². The van der Waals surface area contributed by atoms with E-state index in [1.807, 2.05) is 19.1 Å². The van der Waals surface area contributed by atoms with Gasteiger partial charge in [-0.2, -0.15) is 0 Å². The lowest BCUT2D eigenvalue weighted by molar-refractivity contribution is -0.120. The molecule has 28 heavy (non-hydrogen) atoms. The fraction of sp³-hybridized carbons (Fsp3) is 0.750. The van der Waals surface area contributed by atoms with Crippen LogP contribution in [0, 0.1) is 23.2 Å². The van der Waals surface area contributed by atoms with Crippen molar-refractivity contribution >= 4 is 11.6 Å². The number of hydrogen-bond acceptors (Lipinski definition) is 2. The zero-order valence-electron chi connectivity index (χ0n) is 17.1. The van der Waals surface area contributed by atoms with Crippen LogP contribution in [-0.4, -0.2) is 27.9 Å². The van der Waals surface area contributed by atoms with Crippen LogP contribution in [0.4, 0.5) is 4.39 Å². The Morgan fingerprint density at radius 1 is 1.21 bits per heavy atom. The van der Waals surface area contributed by atoms with E-state index in [4.69, 9.17) is 11.6 Å². The van der Waals surface area contributed by atoms with Crippen LogP contribution in [0.2, 0.25) is 0 Å². The molecule has 4 rings (SSSR count). The molecule has 2 N–H and O–H groups in total. The zero-order valence-corrected chi connectivity index (χ0v) is 17.9. The lowest BCUT2D eigenvalue weighted by Crippen LogP contribution is -2.54. The molecule has 2 nitrogen and oxygen atoms in total. The first-order valence-electron chi connectivity index (χ1n) is 11.0. The minimum Gasteiger partial charge on any atom is -0.508 e. The topological polar surface area (TPSA) is 40.5 Å². The molecule has 0 aromatic heterocycles. The summed E-state index contributed by atoms with van der Waals surface area (Å²) in [4.78, 5) is 0. The maximum Gasteiger partial charge on any atom is 0.115 e. The van der Waals surface area contributed by atoms with Crippen molar-refractivity contribution in [3.63, 3.8) is 0 Å². The third-order valence-electron chi connectivity index (χ3n) is 8.60. The maximum atomic E-state index is 15.8. The van der Waals surface area contributed by atoms with Crippen molar-refractivity contribution in [1.82, 2.24) is 0 Å². The molecule has 0 spiro atoms. The molecular weight excluding hydrogens is 375 g/mol. The molecule has 4 heteroatoms. The normalized spacial score (nSPS) is 42.0. The van der Waals surface area contributed by atoms with E-state index in [1.54, 1.807) is 6.07 Å². The second kappa shape index (κ2) is 7.47. The van der Waals surface area contributed by atoms with Crippen LogP contribution in [-0.2, 0) is 6.42 Å². The average molecular weight is 409 g/mol. The lowest BCUT2D eigenvalue weighted by atomic mass is 9.50. The van der Waals surface area contributed by atoms with E-state index >= 15 is 4.39 Å². The van der Waals surface area contributed by atoms with Gasteiger partial charge in [0, 0.05) is 17.2 Å². The molecule has 0 aliphatic heterocycles. The van der Waals surface area contributed by atoms with Gasteiger partial charge in [-0.25, -0.2) is 4.39 Å². The predicted molar refractivity (Wildman–Crippen MR) is 112 cm³/mol. The van der Waals surface area contributed by atoms with Gasteiger partial charge in [-0.3, -0.25) is 0 Å². The Bertz CT molecular complexity index is 721. The number of rotatable bonds is 5. The number of alkyl halides is 2. The Hall–Kier alpha value is -0.800. The number of fused-ring (bicyclic) bond motifs is 5. The van der Waals surface area contributed by atoms with E-state index in [0.29, 0.717) is 24.1 Å². The summed E-state index contributed by atoms with van der Waals surface area (Å²) in [6.45, 7) is 4.05. The van der Waals surface area contributed by atoms with E-state index in [2.05, 4.69) is 6.92 Å². The quantitative estimate of drug-likeness (QED) is 0.465. The minimum absolute atomic E-state index is 0.102. The van der Waals surface area contributed by atoms with Crippen LogP contribution >= 0.6 is 11.6 Å². The Balaban J connectivity index is 1.71. The summed E-state index contributed by atoms with van der Waals surface area (Å²) in [7, 11) is 0. The first-order valence-corrected chi connectivity index (χ1v) is 11.6. The highest BCUT2D eigenvalue weighted by atomic mass is 35.5. The lowest BCUT2D eigenvalue weighted by Gasteiger charge is -2.56. The van der Waals surface area contributed by atoms with Crippen molar-refractivity contribution in [2.45, 2.75) is 82.9 Å². The number of phenolic OH excluding ortho intramolecular Hbond substituents is 1. The van der Waals surface area contributed by atoms with Gasteiger partial charge in [0.1, 0.15) is 11.9 Å². The average Bonchev–Trinajstić information content (AvgIpc) is 2.87. The van der Waals surface area contributed by atoms with Gasteiger partial charge < -0.3 is 10.2 Å². The highest BCUT2D eigenvalue weighted by Crippen LogP contribution is 2.66. The number of phenols is 1. The molecular formula is C24H34ClFO2. The highest BCUT2D eigenvalue weighted by Gasteiger charge is 2.63. The van der Waals surface area contributed by atoms with Crippen molar-refractivity contribution in [3.8, 4) is 5.75 Å². The summed E-state index contributed by atoms with van der Waals surface area (Å²) in [6.07, 6.45) is 6.50. The van der Waals surface area contributed by atoms with Crippen molar-refractivity contribution in [1.29, 1.82) is 0 Å². The van der Waals surface area contributed by atoms with E-state index in [1.165, 1.54) is 0 Å². The van der Waals surface area contributed by atoms with E-state index < -0.39 is 11.8 Å². The Morgan fingerprint density at radius 3 is 2.75 bits per heavy atom. The summed E-state index contributed by atoms with van der Waals surface area (Å²) in [6, 6.07) is 5.51. The van der Waals surface area contributed by atoms with E-state index in [-0.39, 0.29) is 23.0 Å². The van der Waals surface area contributed by atoms with E-state index in [0.717, 1.165) is 56.1 Å². The molecule has 2 fully saturated rings. The molecule has 7 unspecified atom stereocenters. The van der Waals surface area contributed by atoms with Crippen LogP contribution in [0.1, 0.15) is 75.8 Å². The Kier molecular flexibility index (Phi) is 5.46. The summed E-state index contributed by atoms with van der Waals surface area (Å²) >= 11 is 5.85. The number of benzene rings is 1. The summed E-state index contributed by atoms with van der Waals surface area (Å²) in [5.74, 6) is 1.91. The number of halogens is 2. The summed E-state index contributed by atoms with van der Waals surface area (Å²) < 4.78 is 15.8. The Morgan fingerprint density at radius 2 is 2.00 bits per heavy atom. The first-order chi connectivity index (χ1) is 13.3. The molecule has 3 aliphatic rings. The summed E-state index contributed by atoms with van der Waals surface area (Å²) in [5, 5.41) is 21.1. The number of aliphatic hydroxyl groups is 1. The van der Waals surface area contributed by atoms with Gasteiger partial charge in [-0.15, -0.1) is 11.6 Å². The smallest absolute Gasteiger partial charge is 0.115 e.